The highest BCUT2D eigenvalue weighted by Gasteiger charge is 2.36. The second-order valence-electron chi connectivity index (χ2n) is 6.49. The molecular weight excluding hydrogens is 361 g/mol. The molecule has 0 amide bonds. The Hall–Kier alpha value is -2.81. The normalized spacial score (nSPS) is 19.1. The summed E-state index contributed by atoms with van der Waals surface area (Å²) in [5.74, 6) is 1.05. The lowest BCUT2D eigenvalue weighted by Gasteiger charge is -2.13. The Kier molecular flexibility index (Phi) is 3.55. The van der Waals surface area contributed by atoms with Crippen LogP contribution in [0.2, 0.25) is 0 Å². The minimum atomic E-state index is -4.57. The zero-order valence-electron chi connectivity index (χ0n) is 14.0. The molecule has 1 radical (unpaired) electrons. The molecule has 2 aromatic heterocycles. The fraction of sp³-hybridized carbons (Fsp3) is 0.333. The lowest BCUT2D eigenvalue weighted by molar-refractivity contribution is -0.142. The van der Waals surface area contributed by atoms with Crippen LogP contribution < -0.4 is 14.8 Å². The SMILES string of the molecule is FC(F)(F)c1cc(-c2ccc3c(c2)OCO3)nc2c(C3CCC[N]3)cnn12. The topological polar surface area (TPSA) is 62.8 Å². The van der Waals surface area contributed by atoms with Crippen molar-refractivity contribution in [3.63, 3.8) is 0 Å². The van der Waals surface area contributed by atoms with E-state index in [1.165, 1.54) is 6.20 Å². The van der Waals surface area contributed by atoms with Gasteiger partial charge in [-0.25, -0.2) is 14.8 Å². The molecule has 1 fully saturated rings. The molecule has 5 rings (SSSR count). The summed E-state index contributed by atoms with van der Waals surface area (Å²) in [5, 5.41) is 8.41. The van der Waals surface area contributed by atoms with Crippen molar-refractivity contribution < 1.29 is 22.6 Å². The van der Waals surface area contributed by atoms with Crippen LogP contribution in [0.5, 0.6) is 11.5 Å². The van der Waals surface area contributed by atoms with Crippen LogP contribution in [0, 0.1) is 0 Å². The zero-order chi connectivity index (χ0) is 18.6. The summed E-state index contributed by atoms with van der Waals surface area (Å²) in [5.41, 5.74) is 0.661. The number of rotatable bonds is 2. The molecule has 0 aliphatic carbocycles. The van der Waals surface area contributed by atoms with E-state index in [0.29, 0.717) is 29.2 Å². The van der Waals surface area contributed by atoms with E-state index < -0.39 is 11.9 Å². The zero-order valence-corrected chi connectivity index (χ0v) is 14.0. The van der Waals surface area contributed by atoms with Crippen LogP contribution in [0.1, 0.15) is 30.1 Å². The molecule has 9 heteroatoms. The van der Waals surface area contributed by atoms with Crippen molar-refractivity contribution in [1.29, 1.82) is 0 Å². The molecule has 0 N–H and O–H groups in total. The van der Waals surface area contributed by atoms with E-state index in [-0.39, 0.29) is 24.2 Å². The number of hydrogen-bond donors (Lipinski definition) is 0. The molecule has 3 aromatic rings. The van der Waals surface area contributed by atoms with Crippen molar-refractivity contribution in [1.82, 2.24) is 19.9 Å². The Labute approximate surface area is 151 Å². The van der Waals surface area contributed by atoms with Gasteiger partial charge in [0.15, 0.2) is 22.8 Å². The molecule has 27 heavy (non-hydrogen) atoms. The molecule has 2 aliphatic heterocycles. The van der Waals surface area contributed by atoms with Crippen LogP contribution in [0.4, 0.5) is 13.2 Å². The highest BCUT2D eigenvalue weighted by atomic mass is 19.4. The number of hydrogen-bond acceptors (Lipinski definition) is 4. The number of fused-ring (bicyclic) bond motifs is 2. The fourth-order valence-corrected chi connectivity index (χ4v) is 3.50. The summed E-state index contributed by atoms with van der Waals surface area (Å²) in [6.07, 6.45) is -1.42. The molecule has 6 nitrogen and oxygen atoms in total. The maximum Gasteiger partial charge on any atom is 0.433 e. The molecule has 4 heterocycles. The van der Waals surface area contributed by atoms with Crippen molar-refractivity contribution in [3.8, 4) is 22.8 Å². The van der Waals surface area contributed by atoms with Crippen molar-refractivity contribution in [2.45, 2.75) is 25.1 Å². The van der Waals surface area contributed by atoms with Crippen molar-refractivity contribution in [2.75, 3.05) is 13.3 Å². The van der Waals surface area contributed by atoms with Gasteiger partial charge < -0.3 is 9.47 Å². The quantitative estimate of drug-likeness (QED) is 0.687. The van der Waals surface area contributed by atoms with Crippen LogP contribution in [-0.4, -0.2) is 27.9 Å². The smallest absolute Gasteiger partial charge is 0.433 e. The third kappa shape index (κ3) is 2.69. The molecule has 1 atom stereocenters. The number of nitrogens with zero attached hydrogens (tertiary/aromatic N) is 4. The van der Waals surface area contributed by atoms with Crippen LogP contribution >= 0.6 is 0 Å². The van der Waals surface area contributed by atoms with Gasteiger partial charge in [0.25, 0.3) is 0 Å². The first kappa shape index (κ1) is 16.4. The first-order valence-corrected chi connectivity index (χ1v) is 8.53. The second kappa shape index (κ2) is 5.85. The van der Waals surface area contributed by atoms with E-state index in [1.807, 2.05) is 0 Å². The summed E-state index contributed by atoms with van der Waals surface area (Å²) in [7, 11) is 0. The van der Waals surface area contributed by atoms with E-state index in [4.69, 9.17) is 9.47 Å². The van der Waals surface area contributed by atoms with Crippen LogP contribution in [0.25, 0.3) is 16.9 Å². The highest BCUT2D eigenvalue weighted by Crippen LogP contribution is 2.38. The van der Waals surface area contributed by atoms with Crippen molar-refractivity contribution >= 4 is 5.65 Å². The van der Waals surface area contributed by atoms with E-state index in [9.17, 15) is 13.2 Å². The summed E-state index contributed by atoms with van der Waals surface area (Å²) in [6.45, 7) is 0.797. The molecule has 0 saturated carbocycles. The van der Waals surface area contributed by atoms with Gasteiger partial charge >= 0.3 is 6.18 Å². The Morgan fingerprint density at radius 1 is 1.11 bits per heavy atom. The van der Waals surface area contributed by atoms with E-state index in [0.717, 1.165) is 23.4 Å². The van der Waals surface area contributed by atoms with Crippen molar-refractivity contribution in [2.24, 2.45) is 0 Å². The van der Waals surface area contributed by atoms with E-state index in [2.05, 4.69) is 15.4 Å². The molecule has 1 aromatic carbocycles. The lowest BCUT2D eigenvalue weighted by atomic mass is 10.1. The van der Waals surface area contributed by atoms with E-state index >= 15 is 0 Å². The minimum Gasteiger partial charge on any atom is -0.454 e. The van der Waals surface area contributed by atoms with E-state index in [1.54, 1.807) is 18.2 Å². The largest absolute Gasteiger partial charge is 0.454 e. The minimum absolute atomic E-state index is 0.0923. The Morgan fingerprint density at radius 2 is 1.96 bits per heavy atom. The number of halogens is 3. The molecule has 2 aliphatic rings. The molecular formula is C18H14F3N4O2. The first-order chi connectivity index (χ1) is 13.0. The molecule has 0 bridgehead atoms. The van der Waals surface area contributed by atoms with Crippen LogP contribution in [0.3, 0.4) is 0 Å². The number of benzene rings is 1. The highest BCUT2D eigenvalue weighted by molar-refractivity contribution is 5.67. The number of ether oxygens (including phenoxy) is 2. The molecule has 139 valence electrons. The standard InChI is InChI=1S/C18H14F3N4O2/c19-18(20,21)16-7-13(10-3-4-14-15(6-10)27-9-26-14)24-17-11(8-23-25(16)17)12-2-1-5-22-12/h3-4,6-8,12H,1-2,5,9H2. The first-order valence-electron chi connectivity index (χ1n) is 8.53. The second-order valence-corrected chi connectivity index (χ2v) is 6.49. The maximum atomic E-state index is 13.7. The Balaban J connectivity index is 1.71. The van der Waals surface area contributed by atoms with Crippen molar-refractivity contribution in [3.05, 3.63) is 41.7 Å². The van der Waals surface area contributed by atoms with Gasteiger partial charge in [0, 0.05) is 17.7 Å². The summed E-state index contributed by atoms with van der Waals surface area (Å²) < 4.78 is 52.4. The predicted octanol–water partition coefficient (Wildman–Crippen LogP) is 3.58. The monoisotopic (exact) mass is 375 g/mol. The summed E-state index contributed by atoms with van der Waals surface area (Å²) in [4.78, 5) is 4.49. The van der Waals surface area contributed by atoms with Gasteiger partial charge in [0.2, 0.25) is 6.79 Å². The maximum absolute atomic E-state index is 13.7. The summed E-state index contributed by atoms with van der Waals surface area (Å²) in [6, 6.07) is 5.82. The van der Waals surface area contributed by atoms with Crippen LogP contribution in [0.15, 0.2) is 30.5 Å². The molecule has 0 spiro atoms. The lowest BCUT2D eigenvalue weighted by Crippen LogP contribution is -2.14. The van der Waals surface area contributed by atoms with Gasteiger partial charge in [-0.1, -0.05) is 0 Å². The van der Waals surface area contributed by atoms with Gasteiger partial charge in [-0.15, -0.1) is 0 Å². The van der Waals surface area contributed by atoms with Gasteiger partial charge in [0.05, 0.1) is 17.9 Å². The predicted molar refractivity (Wildman–Crippen MR) is 88.5 cm³/mol. The van der Waals surface area contributed by atoms with Gasteiger partial charge in [0.1, 0.15) is 0 Å². The summed E-state index contributed by atoms with van der Waals surface area (Å²) >= 11 is 0. The van der Waals surface area contributed by atoms with Gasteiger partial charge in [-0.3, -0.25) is 0 Å². The average molecular weight is 375 g/mol. The molecule has 1 unspecified atom stereocenters. The average Bonchev–Trinajstić information content (AvgIpc) is 3.38. The third-order valence-electron chi connectivity index (χ3n) is 4.80. The Morgan fingerprint density at radius 3 is 2.74 bits per heavy atom. The van der Waals surface area contributed by atoms with Gasteiger partial charge in [-0.05, 0) is 37.1 Å². The third-order valence-corrected chi connectivity index (χ3v) is 4.80. The molecule has 1 saturated heterocycles. The number of alkyl halides is 3. The Bertz CT molecular complexity index is 1030. The fourth-order valence-electron chi connectivity index (χ4n) is 3.50. The van der Waals surface area contributed by atoms with Crippen LogP contribution in [-0.2, 0) is 6.18 Å². The van der Waals surface area contributed by atoms with Gasteiger partial charge in [-0.2, -0.15) is 18.3 Å². The number of aromatic nitrogens is 3.